The van der Waals surface area contributed by atoms with Crippen LogP contribution < -0.4 is 5.32 Å². The van der Waals surface area contributed by atoms with Gasteiger partial charge >= 0.3 is 12.5 Å². The molecule has 6 nitrogen and oxygen atoms in total. The first kappa shape index (κ1) is 19.5. The van der Waals surface area contributed by atoms with Crippen LogP contribution in [0.2, 0.25) is 0 Å². The summed E-state index contributed by atoms with van der Waals surface area (Å²) in [6.45, 7) is 1.33. The van der Waals surface area contributed by atoms with Crippen molar-refractivity contribution in [3.05, 3.63) is 52.6 Å². The lowest BCUT2D eigenvalue weighted by Gasteiger charge is -2.27. The van der Waals surface area contributed by atoms with Crippen LogP contribution in [0.25, 0.3) is 0 Å². The molecule has 0 bridgehead atoms. The molecule has 1 aromatic heterocycles. The summed E-state index contributed by atoms with van der Waals surface area (Å²) in [6, 6.07) is 4.69. The molecule has 0 saturated carbocycles. The Kier molecular flexibility index (Phi) is 5.38. The van der Waals surface area contributed by atoms with Crippen molar-refractivity contribution in [1.29, 1.82) is 0 Å². The molecule has 0 aliphatic carbocycles. The van der Waals surface area contributed by atoms with Crippen LogP contribution >= 0.6 is 0 Å². The second kappa shape index (κ2) is 7.19. The van der Waals surface area contributed by atoms with E-state index in [-0.39, 0.29) is 23.4 Å². The largest absolute Gasteiger partial charge is 0.479 e. The molecule has 1 aromatic carbocycles. The number of carboxylic acids is 1. The maximum Gasteiger partial charge on any atom is 0.333 e. The Morgan fingerprint density at radius 2 is 1.85 bits per heavy atom. The minimum atomic E-state index is -2.84. The monoisotopic (exact) mass is 369 g/mol. The number of carbonyl (C=O) groups is 2. The molecule has 0 radical (unpaired) electrons. The number of rotatable bonds is 6. The Hall–Kier alpha value is -2.84. The molecular weight excluding hydrogens is 351 g/mol. The van der Waals surface area contributed by atoms with Gasteiger partial charge in [-0.1, -0.05) is 12.1 Å². The number of halogens is 3. The van der Waals surface area contributed by atoms with Gasteiger partial charge in [0.15, 0.2) is 5.54 Å². The molecule has 26 heavy (non-hydrogen) atoms. The molecule has 1 heterocycles. The molecule has 9 heteroatoms. The first-order valence-electron chi connectivity index (χ1n) is 7.69. The van der Waals surface area contributed by atoms with Gasteiger partial charge in [-0.15, -0.1) is 0 Å². The molecule has 0 spiro atoms. The van der Waals surface area contributed by atoms with Gasteiger partial charge in [0.1, 0.15) is 5.82 Å². The van der Waals surface area contributed by atoms with Crippen LogP contribution in [0, 0.1) is 19.7 Å². The lowest BCUT2D eigenvalue weighted by atomic mass is 9.91. The smallest absolute Gasteiger partial charge is 0.333 e. The molecular formula is C17H18F3N3O3. The van der Waals surface area contributed by atoms with E-state index >= 15 is 0 Å². The molecule has 1 amide bonds. The van der Waals surface area contributed by atoms with Gasteiger partial charge in [-0.05, 0) is 38.5 Å². The third kappa shape index (κ3) is 3.71. The van der Waals surface area contributed by atoms with Crippen LogP contribution in [0.4, 0.5) is 13.2 Å². The molecule has 0 fully saturated rings. The predicted molar refractivity (Wildman–Crippen MR) is 86.2 cm³/mol. The van der Waals surface area contributed by atoms with Crippen molar-refractivity contribution in [3.8, 4) is 0 Å². The maximum atomic E-state index is 13.1. The standard InChI is InChI=1S/C17H18F3N3O3/c1-9-13(10(2)23(22-9)16(19)20)8-14(24)21-17(3,15(25)26)11-4-6-12(18)7-5-11/h4-7,16H,8H2,1-3H3,(H,21,24)(H,25,26). The molecule has 1 atom stereocenters. The number of carbonyl (C=O) groups excluding carboxylic acids is 1. The van der Waals surface area contributed by atoms with E-state index < -0.39 is 29.8 Å². The zero-order chi connectivity index (χ0) is 19.6. The van der Waals surface area contributed by atoms with Crippen LogP contribution in [-0.2, 0) is 21.5 Å². The predicted octanol–water partition coefficient (Wildman–Crippen LogP) is 2.69. The first-order chi connectivity index (χ1) is 12.1. The topological polar surface area (TPSA) is 84.2 Å². The van der Waals surface area contributed by atoms with E-state index in [1.807, 2.05) is 0 Å². The molecule has 0 aliphatic rings. The van der Waals surface area contributed by atoms with Crippen LogP contribution in [0.1, 0.15) is 36.0 Å². The van der Waals surface area contributed by atoms with Crippen LogP contribution in [0.3, 0.4) is 0 Å². The molecule has 1 unspecified atom stereocenters. The van der Waals surface area contributed by atoms with E-state index in [1.54, 1.807) is 0 Å². The van der Waals surface area contributed by atoms with Crippen LogP contribution in [0.15, 0.2) is 24.3 Å². The number of benzene rings is 1. The Morgan fingerprint density at radius 1 is 1.27 bits per heavy atom. The summed E-state index contributed by atoms with van der Waals surface area (Å²) in [5.74, 6) is -2.56. The van der Waals surface area contributed by atoms with Gasteiger partial charge in [0.2, 0.25) is 5.91 Å². The van der Waals surface area contributed by atoms with Gasteiger partial charge in [-0.2, -0.15) is 13.9 Å². The van der Waals surface area contributed by atoms with Gasteiger partial charge in [0.25, 0.3) is 0 Å². The fraction of sp³-hybridized carbons (Fsp3) is 0.353. The summed E-state index contributed by atoms with van der Waals surface area (Å²) >= 11 is 0. The number of nitrogens with one attached hydrogen (secondary N) is 1. The zero-order valence-corrected chi connectivity index (χ0v) is 14.4. The van der Waals surface area contributed by atoms with Gasteiger partial charge in [-0.3, -0.25) is 4.79 Å². The summed E-state index contributed by atoms with van der Waals surface area (Å²) in [5, 5.41) is 15.6. The van der Waals surface area contributed by atoms with Gasteiger partial charge < -0.3 is 10.4 Å². The van der Waals surface area contributed by atoms with Gasteiger partial charge in [-0.25, -0.2) is 13.9 Å². The van der Waals surface area contributed by atoms with E-state index in [0.717, 1.165) is 12.1 Å². The van der Waals surface area contributed by atoms with Crippen molar-refractivity contribution >= 4 is 11.9 Å². The molecule has 0 saturated heterocycles. The third-order valence-corrected chi connectivity index (χ3v) is 4.24. The lowest BCUT2D eigenvalue weighted by Crippen LogP contribution is -2.50. The van der Waals surface area contributed by atoms with Crippen LogP contribution in [0.5, 0.6) is 0 Å². The molecule has 140 valence electrons. The Bertz CT molecular complexity index is 834. The normalized spacial score (nSPS) is 13.5. The number of aromatic nitrogens is 2. The average molecular weight is 369 g/mol. The van der Waals surface area contributed by atoms with E-state index in [1.165, 1.54) is 32.9 Å². The second-order valence-electron chi connectivity index (χ2n) is 6.03. The fourth-order valence-electron chi connectivity index (χ4n) is 2.66. The highest BCUT2D eigenvalue weighted by atomic mass is 19.3. The number of aliphatic carboxylic acids is 1. The molecule has 2 N–H and O–H groups in total. The lowest BCUT2D eigenvalue weighted by molar-refractivity contribution is -0.147. The summed E-state index contributed by atoms with van der Waals surface area (Å²) in [7, 11) is 0. The van der Waals surface area contributed by atoms with Crippen molar-refractivity contribution in [1.82, 2.24) is 15.1 Å². The van der Waals surface area contributed by atoms with E-state index in [9.17, 15) is 27.9 Å². The van der Waals surface area contributed by atoms with E-state index in [2.05, 4.69) is 10.4 Å². The number of aryl methyl sites for hydroxylation is 1. The SMILES string of the molecule is Cc1nn(C(F)F)c(C)c1CC(=O)NC(C)(C(=O)O)c1ccc(F)cc1. The minimum Gasteiger partial charge on any atom is -0.479 e. The quantitative estimate of drug-likeness (QED) is 0.820. The van der Waals surface area contributed by atoms with Crippen molar-refractivity contribution in [2.45, 2.75) is 39.3 Å². The summed E-state index contributed by atoms with van der Waals surface area (Å²) in [5.41, 5.74) is -0.931. The van der Waals surface area contributed by atoms with Crippen molar-refractivity contribution in [2.75, 3.05) is 0 Å². The van der Waals surface area contributed by atoms with Gasteiger partial charge in [0.05, 0.1) is 12.1 Å². The maximum absolute atomic E-state index is 13.1. The number of carboxylic acid groups (broad SMARTS) is 1. The molecule has 0 aliphatic heterocycles. The molecule has 2 aromatic rings. The van der Waals surface area contributed by atoms with E-state index in [4.69, 9.17) is 0 Å². The zero-order valence-electron chi connectivity index (χ0n) is 14.4. The molecule has 2 rings (SSSR count). The Morgan fingerprint density at radius 3 is 2.31 bits per heavy atom. The second-order valence-corrected chi connectivity index (χ2v) is 6.03. The number of hydrogen-bond donors (Lipinski definition) is 2. The fourth-order valence-corrected chi connectivity index (χ4v) is 2.66. The number of alkyl halides is 2. The van der Waals surface area contributed by atoms with Crippen LogP contribution in [-0.4, -0.2) is 26.8 Å². The third-order valence-electron chi connectivity index (χ3n) is 4.24. The highest BCUT2D eigenvalue weighted by molar-refractivity contribution is 5.88. The van der Waals surface area contributed by atoms with Crippen molar-refractivity contribution in [3.63, 3.8) is 0 Å². The van der Waals surface area contributed by atoms with Gasteiger partial charge in [0, 0.05) is 11.3 Å². The number of nitrogens with zero attached hydrogens (tertiary/aromatic N) is 2. The summed E-state index contributed by atoms with van der Waals surface area (Å²) in [6.07, 6.45) is -0.311. The average Bonchev–Trinajstić information content (AvgIpc) is 2.83. The summed E-state index contributed by atoms with van der Waals surface area (Å²) in [4.78, 5) is 24.1. The number of amides is 1. The summed E-state index contributed by atoms with van der Waals surface area (Å²) < 4.78 is 39.3. The Balaban J connectivity index is 2.27. The highest BCUT2D eigenvalue weighted by Gasteiger charge is 2.37. The van der Waals surface area contributed by atoms with Crippen molar-refractivity contribution in [2.24, 2.45) is 0 Å². The minimum absolute atomic E-state index is 0.131. The first-order valence-corrected chi connectivity index (χ1v) is 7.69. The highest BCUT2D eigenvalue weighted by Crippen LogP contribution is 2.23. The number of hydrogen-bond acceptors (Lipinski definition) is 3. The Labute approximate surface area is 147 Å². The van der Waals surface area contributed by atoms with Crippen molar-refractivity contribution < 1.29 is 27.9 Å². The van der Waals surface area contributed by atoms with E-state index in [0.29, 0.717) is 10.2 Å².